The second kappa shape index (κ2) is 4.79. The fourth-order valence-corrected chi connectivity index (χ4v) is 1.57. The first-order valence-electron chi connectivity index (χ1n) is 5.40. The molecule has 0 unspecified atom stereocenters. The van der Waals surface area contributed by atoms with Gasteiger partial charge in [-0.1, -0.05) is 0 Å². The second-order valence-corrected chi connectivity index (χ2v) is 3.56. The standard InChI is InChI=1S/C12H12N2O4/c1-2-18-9-5-3-8(4-6-9)14-11(15)10(7-13-14)12(16)17/h3-7,13H,2H2,1H3,(H,16,17). The molecule has 0 atom stereocenters. The molecule has 2 N–H and O–H groups in total. The van der Waals surface area contributed by atoms with Crippen LogP contribution in [-0.4, -0.2) is 27.5 Å². The van der Waals surface area contributed by atoms with Gasteiger partial charge in [0, 0.05) is 6.20 Å². The molecule has 0 aliphatic heterocycles. The predicted octanol–water partition coefficient (Wildman–Crippen LogP) is 1.26. The number of ether oxygens (including phenoxy) is 1. The Hall–Kier alpha value is -2.50. The Balaban J connectivity index is 2.37. The van der Waals surface area contributed by atoms with Crippen LogP contribution in [0.5, 0.6) is 5.75 Å². The Morgan fingerprint density at radius 1 is 1.39 bits per heavy atom. The lowest BCUT2D eigenvalue weighted by Gasteiger charge is -2.04. The van der Waals surface area contributed by atoms with Crippen molar-refractivity contribution >= 4 is 5.97 Å². The molecule has 94 valence electrons. The first-order chi connectivity index (χ1) is 8.63. The number of aromatic carboxylic acids is 1. The van der Waals surface area contributed by atoms with Gasteiger partial charge in [-0.25, -0.2) is 9.48 Å². The summed E-state index contributed by atoms with van der Waals surface area (Å²) in [5, 5.41) is 11.4. The number of carboxylic acid groups (broad SMARTS) is 1. The van der Waals surface area contributed by atoms with Crippen molar-refractivity contribution in [1.82, 2.24) is 9.78 Å². The van der Waals surface area contributed by atoms with Crippen LogP contribution in [0.4, 0.5) is 0 Å². The Labute approximate surface area is 102 Å². The third kappa shape index (κ3) is 2.13. The second-order valence-electron chi connectivity index (χ2n) is 3.56. The van der Waals surface area contributed by atoms with Gasteiger partial charge in [-0.2, -0.15) is 0 Å². The first-order valence-corrected chi connectivity index (χ1v) is 5.40. The third-order valence-corrected chi connectivity index (χ3v) is 2.41. The van der Waals surface area contributed by atoms with Gasteiger partial charge in [-0.15, -0.1) is 0 Å². The molecule has 0 fully saturated rings. The van der Waals surface area contributed by atoms with Crippen LogP contribution < -0.4 is 10.3 Å². The van der Waals surface area contributed by atoms with Crippen LogP contribution in [0, 0.1) is 0 Å². The van der Waals surface area contributed by atoms with E-state index in [1.54, 1.807) is 24.3 Å². The van der Waals surface area contributed by atoms with Crippen LogP contribution in [0.25, 0.3) is 5.69 Å². The molecule has 0 amide bonds. The number of hydrogen-bond donors (Lipinski definition) is 2. The lowest BCUT2D eigenvalue weighted by molar-refractivity contribution is 0.0695. The number of rotatable bonds is 4. The molecule has 1 aromatic heterocycles. The number of H-pyrrole nitrogens is 1. The highest BCUT2D eigenvalue weighted by atomic mass is 16.5. The zero-order chi connectivity index (χ0) is 13.1. The molecule has 2 aromatic rings. The lowest BCUT2D eigenvalue weighted by atomic mass is 10.3. The van der Waals surface area contributed by atoms with Gasteiger partial charge in [0.05, 0.1) is 12.3 Å². The van der Waals surface area contributed by atoms with Crippen molar-refractivity contribution in [2.75, 3.05) is 6.61 Å². The van der Waals surface area contributed by atoms with Crippen LogP contribution in [0.15, 0.2) is 35.3 Å². The average molecular weight is 248 g/mol. The number of hydrogen-bond acceptors (Lipinski definition) is 3. The largest absolute Gasteiger partial charge is 0.494 e. The van der Waals surface area contributed by atoms with E-state index in [9.17, 15) is 9.59 Å². The molecular weight excluding hydrogens is 236 g/mol. The van der Waals surface area contributed by atoms with E-state index in [0.29, 0.717) is 18.0 Å². The fraction of sp³-hybridized carbons (Fsp3) is 0.167. The summed E-state index contributed by atoms with van der Waals surface area (Å²) in [5.74, 6) is -0.555. The quantitative estimate of drug-likeness (QED) is 0.853. The highest BCUT2D eigenvalue weighted by Gasteiger charge is 2.13. The number of aromatic amines is 1. The summed E-state index contributed by atoms with van der Waals surface area (Å²) in [6.45, 7) is 2.44. The summed E-state index contributed by atoms with van der Waals surface area (Å²) in [4.78, 5) is 22.5. The minimum Gasteiger partial charge on any atom is -0.494 e. The zero-order valence-electron chi connectivity index (χ0n) is 9.71. The highest BCUT2D eigenvalue weighted by Crippen LogP contribution is 2.13. The van der Waals surface area contributed by atoms with Gasteiger partial charge >= 0.3 is 5.97 Å². The zero-order valence-corrected chi connectivity index (χ0v) is 9.71. The normalized spacial score (nSPS) is 10.3. The lowest BCUT2D eigenvalue weighted by Crippen LogP contribution is -2.19. The SMILES string of the molecule is CCOc1ccc(-n2[nH]cc(C(=O)O)c2=O)cc1. The van der Waals surface area contributed by atoms with Gasteiger partial charge in [0.25, 0.3) is 5.56 Å². The van der Waals surface area contributed by atoms with Crippen LogP contribution in [0.3, 0.4) is 0 Å². The van der Waals surface area contributed by atoms with E-state index in [1.807, 2.05) is 6.92 Å². The van der Waals surface area contributed by atoms with E-state index in [-0.39, 0.29) is 5.56 Å². The Kier molecular flexibility index (Phi) is 3.18. The summed E-state index contributed by atoms with van der Waals surface area (Å²) in [6.07, 6.45) is 1.17. The summed E-state index contributed by atoms with van der Waals surface area (Å²) in [5.41, 5.74) is -0.327. The van der Waals surface area contributed by atoms with Gasteiger partial charge in [0.1, 0.15) is 11.3 Å². The molecule has 1 heterocycles. The molecular formula is C12H12N2O4. The predicted molar refractivity (Wildman–Crippen MR) is 64.5 cm³/mol. The van der Waals surface area contributed by atoms with Crippen molar-refractivity contribution in [1.29, 1.82) is 0 Å². The summed E-state index contributed by atoms with van der Waals surface area (Å²) in [6, 6.07) is 6.78. The Morgan fingerprint density at radius 2 is 2.06 bits per heavy atom. The maximum Gasteiger partial charge on any atom is 0.342 e. The van der Waals surface area contributed by atoms with Crippen LogP contribution >= 0.6 is 0 Å². The number of benzene rings is 1. The molecule has 0 aliphatic rings. The topological polar surface area (TPSA) is 84.3 Å². The van der Waals surface area contributed by atoms with Gasteiger partial charge in [-0.05, 0) is 31.2 Å². The van der Waals surface area contributed by atoms with Crippen molar-refractivity contribution in [2.45, 2.75) is 6.92 Å². The maximum absolute atomic E-state index is 11.7. The average Bonchev–Trinajstić information content (AvgIpc) is 2.73. The van der Waals surface area contributed by atoms with Crippen LogP contribution in [-0.2, 0) is 0 Å². The van der Waals surface area contributed by atoms with Crippen molar-refractivity contribution in [3.8, 4) is 11.4 Å². The molecule has 18 heavy (non-hydrogen) atoms. The Morgan fingerprint density at radius 3 is 2.56 bits per heavy atom. The van der Waals surface area contributed by atoms with Crippen molar-refractivity contribution in [2.24, 2.45) is 0 Å². The molecule has 1 aromatic carbocycles. The monoisotopic (exact) mass is 248 g/mol. The summed E-state index contributed by atoms with van der Waals surface area (Å²) < 4.78 is 6.44. The van der Waals surface area contributed by atoms with E-state index in [4.69, 9.17) is 9.84 Å². The van der Waals surface area contributed by atoms with Gasteiger partial charge < -0.3 is 9.84 Å². The molecule has 0 saturated carbocycles. The minimum absolute atomic E-state index is 0.288. The van der Waals surface area contributed by atoms with E-state index in [1.165, 1.54) is 10.9 Å². The third-order valence-electron chi connectivity index (χ3n) is 2.41. The number of nitrogens with one attached hydrogen (secondary N) is 1. The molecule has 0 bridgehead atoms. The van der Waals surface area contributed by atoms with Crippen molar-refractivity contribution in [3.63, 3.8) is 0 Å². The number of nitrogens with zero attached hydrogens (tertiary/aromatic N) is 1. The first kappa shape index (κ1) is 12.0. The fourth-order valence-electron chi connectivity index (χ4n) is 1.57. The van der Waals surface area contributed by atoms with E-state index < -0.39 is 11.5 Å². The number of carboxylic acids is 1. The van der Waals surface area contributed by atoms with Gasteiger partial charge in [0.2, 0.25) is 0 Å². The number of aromatic nitrogens is 2. The molecule has 0 spiro atoms. The Bertz CT molecular complexity index is 610. The summed E-state index contributed by atoms with van der Waals surface area (Å²) >= 11 is 0. The van der Waals surface area contributed by atoms with Crippen molar-refractivity contribution < 1.29 is 14.6 Å². The molecule has 6 heteroatoms. The minimum atomic E-state index is -1.25. The highest BCUT2D eigenvalue weighted by molar-refractivity contribution is 5.86. The maximum atomic E-state index is 11.7. The molecule has 6 nitrogen and oxygen atoms in total. The van der Waals surface area contributed by atoms with Gasteiger partial charge in [-0.3, -0.25) is 9.89 Å². The summed E-state index contributed by atoms with van der Waals surface area (Å²) in [7, 11) is 0. The molecule has 0 radical (unpaired) electrons. The molecule has 0 saturated heterocycles. The van der Waals surface area contributed by atoms with E-state index in [0.717, 1.165) is 0 Å². The van der Waals surface area contributed by atoms with E-state index >= 15 is 0 Å². The smallest absolute Gasteiger partial charge is 0.342 e. The van der Waals surface area contributed by atoms with Crippen LogP contribution in [0.2, 0.25) is 0 Å². The molecule has 0 aliphatic carbocycles. The molecule has 2 rings (SSSR count). The van der Waals surface area contributed by atoms with Gasteiger partial charge in [0.15, 0.2) is 0 Å². The van der Waals surface area contributed by atoms with Crippen LogP contribution in [0.1, 0.15) is 17.3 Å². The van der Waals surface area contributed by atoms with Crippen molar-refractivity contribution in [3.05, 3.63) is 46.4 Å². The van der Waals surface area contributed by atoms with E-state index in [2.05, 4.69) is 5.10 Å². The number of carbonyl (C=O) groups is 1.